The Morgan fingerprint density at radius 3 is 2.47 bits per heavy atom. The molecule has 0 spiro atoms. The molecule has 1 aliphatic heterocycles. The van der Waals surface area contributed by atoms with E-state index in [2.05, 4.69) is 29.4 Å². The molecule has 0 bridgehead atoms. The predicted octanol–water partition coefficient (Wildman–Crippen LogP) is -0.0528. The van der Waals surface area contributed by atoms with Crippen molar-refractivity contribution in [1.29, 1.82) is 0 Å². The van der Waals surface area contributed by atoms with Crippen LogP contribution in [0.15, 0.2) is 0 Å². The molecule has 2 aliphatic rings. The molecule has 0 aromatic carbocycles. The maximum absolute atomic E-state index is 11.6. The molecule has 86 valence electrons. The van der Waals surface area contributed by atoms with Gasteiger partial charge in [0.1, 0.15) is 0 Å². The Kier molecular flexibility index (Phi) is 3.26. The van der Waals surface area contributed by atoms with E-state index >= 15 is 0 Å². The lowest BCUT2D eigenvalue weighted by Gasteiger charge is -2.35. The Morgan fingerprint density at radius 1 is 1.33 bits per heavy atom. The van der Waals surface area contributed by atoms with Crippen LogP contribution in [0.25, 0.3) is 0 Å². The minimum absolute atomic E-state index is 0.193. The summed E-state index contributed by atoms with van der Waals surface area (Å²) in [5.74, 6) is 0.193. The third-order valence-corrected chi connectivity index (χ3v) is 2.94. The number of nitrogens with zero attached hydrogens (tertiary/aromatic N) is 1. The first-order valence-corrected chi connectivity index (χ1v) is 5.91. The van der Waals surface area contributed by atoms with Gasteiger partial charge in [-0.2, -0.15) is 0 Å². The minimum Gasteiger partial charge on any atom is -0.352 e. The number of piperazine rings is 1. The molecule has 2 unspecified atom stereocenters. The Labute approximate surface area is 91.4 Å². The van der Waals surface area contributed by atoms with Gasteiger partial charge in [0.05, 0.1) is 6.54 Å². The molecule has 1 aliphatic carbocycles. The number of rotatable bonds is 3. The van der Waals surface area contributed by atoms with E-state index in [1.165, 1.54) is 12.8 Å². The van der Waals surface area contributed by atoms with Crippen molar-refractivity contribution in [3.8, 4) is 0 Å². The smallest absolute Gasteiger partial charge is 0.234 e. The van der Waals surface area contributed by atoms with Crippen molar-refractivity contribution < 1.29 is 4.79 Å². The summed E-state index contributed by atoms with van der Waals surface area (Å²) in [6, 6.07) is 1.46. The van der Waals surface area contributed by atoms with Gasteiger partial charge in [-0.15, -0.1) is 0 Å². The largest absolute Gasteiger partial charge is 0.352 e. The van der Waals surface area contributed by atoms with Gasteiger partial charge in [0.15, 0.2) is 0 Å². The highest BCUT2D eigenvalue weighted by molar-refractivity contribution is 5.78. The summed E-state index contributed by atoms with van der Waals surface area (Å²) in [7, 11) is 0. The van der Waals surface area contributed by atoms with Crippen LogP contribution in [-0.4, -0.2) is 48.6 Å². The fraction of sp³-hybridized carbons (Fsp3) is 0.909. The van der Waals surface area contributed by atoms with Gasteiger partial charge >= 0.3 is 0 Å². The first-order valence-electron chi connectivity index (χ1n) is 5.91. The highest BCUT2D eigenvalue weighted by atomic mass is 16.2. The van der Waals surface area contributed by atoms with Gasteiger partial charge in [0.2, 0.25) is 5.91 Å². The molecule has 1 saturated carbocycles. The molecule has 0 aromatic rings. The second-order valence-corrected chi connectivity index (χ2v) is 5.00. The standard InChI is InChI=1S/C11H21N3O/c1-8-5-14(6-9(2)12-8)7-11(15)13-10-3-4-10/h8-10,12H,3-7H2,1-2H3,(H,13,15). The fourth-order valence-corrected chi connectivity index (χ4v) is 2.27. The lowest BCUT2D eigenvalue weighted by Crippen LogP contribution is -2.56. The van der Waals surface area contributed by atoms with Gasteiger partial charge in [0.25, 0.3) is 0 Å². The molecule has 1 saturated heterocycles. The molecule has 0 radical (unpaired) electrons. The Balaban J connectivity index is 1.74. The molecule has 2 atom stereocenters. The van der Waals surface area contributed by atoms with Gasteiger partial charge < -0.3 is 10.6 Å². The Morgan fingerprint density at radius 2 is 1.93 bits per heavy atom. The number of nitrogens with one attached hydrogen (secondary N) is 2. The summed E-state index contributed by atoms with van der Waals surface area (Å²) in [4.78, 5) is 13.8. The lowest BCUT2D eigenvalue weighted by atomic mass is 10.1. The van der Waals surface area contributed by atoms with E-state index in [1.54, 1.807) is 0 Å². The van der Waals surface area contributed by atoms with Crippen molar-refractivity contribution in [2.75, 3.05) is 19.6 Å². The van der Waals surface area contributed by atoms with Crippen molar-refractivity contribution in [2.45, 2.75) is 44.8 Å². The van der Waals surface area contributed by atoms with E-state index in [0.29, 0.717) is 24.7 Å². The number of carbonyl (C=O) groups excluding carboxylic acids is 1. The zero-order chi connectivity index (χ0) is 10.8. The van der Waals surface area contributed by atoms with Crippen molar-refractivity contribution >= 4 is 5.91 Å². The van der Waals surface area contributed by atoms with Crippen LogP contribution < -0.4 is 10.6 Å². The molecular formula is C11H21N3O. The summed E-state index contributed by atoms with van der Waals surface area (Å²) in [5, 5.41) is 6.49. The maximum atomic E-state index is 11.6. The summed E-state index contributed by atoms with van der Waals surface area (Å²) in [5.41, 5.74) is 0. The van der Waals surface area contributed by atoms with Crippen LogP contribution in [0.4, 0.5) is 0 Å². The SMILES string of the molecule is CC1CN(CC(=O)NC2CC2)CC(C)N1. The molecule has 1 heterocycles. The number of hydrogen-bond acceptors (Lipinski definition) is 3. The van der Waals surface area contributed by atoms with E-state index in [-0.39, 0.29) is 5.91 Å². The Hall–Kier alpha value is -0.610. The van der Waals surface area contributed by atoms with Crippen LogP contribution >= 0.6 is 0 Å². The van der Waals surface area contributed by atoms with Gasteiger partial charge in [-0.1, -0.05) is 0 Å². The normalized spacial score (nSPS) is 32.7. The average molecular weight is 211 g/mol. The van der Waals surface area contributed by atoms with Crippen molar-refractivity contribution in [3.05, 3.63) is 0 Å². The minimum atomic E-state index is 0.193. The van der Waals surface area contributed by atoms with Crippen LogP contribution in [0.1, 0.15) is 26.7 Å². The monoisotopic (exact) mass is 211 g/mol. The highest BCUT2D eigenvalue weighted by Crippen LogP contribution is 2.18. The second-order valence-electron chi connectivity index (χ2n) is 5.00. The fourth-order valence-electron chi connectivity index (χ4n) is 2.27. The Bertz CT molecular complexity index is 230. The lowest BCUT2D eigenvalue weighted by molar-refractivity contribution is -0.122. The van der Waals surface area contributed by atoms with E-state index < -0.39 is 0 Å². The van der Waals surface area contributed by atoms with Crippen molar-refractivity contribution in [3.63, 3.8) is 0 Å². The zero-order valence-corrected chi connectivity index (χ0v) is 9.62. The van der Waals surface area contributed by atoms with Crippen LogP contribution in [0.3, 0.4) is 0 Å². The average Bonchev–Trinajstić information content (AvgIpc) is 2.85. The maximum Gasteiger partial charge on any atom is 0.234 e. The van der Waals surface area contributed by atoms with Gasteiger partial charge in [0, 0.05) is 31.2 Å². The van der Waals surface area contributed by atoms with E-state index in [1.807, 2.05) is 0 Å². The molecule has 2 N–H and O–H groups in total. The molecule has 0 aromatic heterocycles. The second kappa shape index (κ2) is 4.49. The molecule has 4 nitrogen and oxygen atoms in total. The third-order valence-electron chi connectivity index (χ3n) is 2.94. The van der Waals surface area contributed by atoms with Gasteiger partial charge in [-0.3, -0.25) is 9.69 Å². The van der Waals surface area contributed by atoms with Crippen molar-refractivity contribution in [2.24, 2.45) is 0 Å². The summed E-state index contributed by atoms with van der Waals surface area (Å²) >= 11 is 0. The number of amides is 1. The van der Waals surface area contributed by atoms with Crippen LogP contribution in [0, 0.1) is 0 Å². The topological polar surface area (TPSA) is 44.4 Å². The molecule has 1 amide bonds. The van der Waals surface area contributed by atoms with Gasteiger partial charge in [-0.25, -0.2) is 0 Å². The quantitative estimate of drug-likeness (QED) is 0.688. The summed E-state index contributed by atoms with van der Waals surface area (Å²) < 4.78 is 0. The number of hydrogen-bond donors (Lipinski definition) is 2. The first kappa shape index (κ1) is 10.9. The highest BCUT2D eigenvalue weighted by Gasteiger charge is 2.26. The van der Waals surface area contributed by atoms with Crippen molar-refractivity contribution in [1.82, 2.24) is 15.5 Å². The van der Waals surface area contributed by atoms with Gasteiger partial charge in [-0.05, 0) is 26.7 Å². The van der Waals surface area contributed by atoms with Crippen LogP contribution in [0.5, 0.6) is 0 Å². The molecule has 2 rings (SSSR count). The number of carbonyl (C=O) groups is 1. The predicted molar refractivity (Wildman–Crippen MR) is 59.7 cm³/mol. The first-order chi connectivity index (χ1) is 7.13. The van der Waals surface area contributed by atoms with E-state index in [0.717, 1.165) is 13.1 Å². The zero-order valence-electron chi connectivity index (χ0n) is 9.62. The van der Waals surface area contributed by atoms with E-state index in [9.17, 15) is 4.79 Å². The molecule has 4 heteroatoms. The third kappa shape index (κ3) is 3.47. The summed E-state index contributed by atoms with van der Waals surface area (Å²) in [6.45, 7) is 6.85. The molecular weight excluding hydrogens is 190 g/mol. The molecule has 15 heavy (non-hydrogen) atoms. The van der Waals surface area contributed by atoms with E-state index in [4.69, 9.17) is 0 Å². The molecule has 2 fully saturated rings. The summed E-state index contributed by atoms with van der Waals surface area (Å²) in [6.07, 6.45) is 2.33. The van der Waals surface area contributed by atoms with Crippen LogP contribution in [-0.2, 0) is 4.79 Å². The van der Waals surface area contributed by atoms with Crippen LogP contribution in [0.2, 0.25) is 0 Å².